The van der Waals surface area contributed by atoms with E-state index in [0.717, 1.165) is 25.7 Å². The Labute approximate surface area is 306 Å². The molecule has 6 aliphatic carbocycles. The molecule has 6 aliphatic rings. The number of hydroxylamine groups is 1. The van der Waals surface area contributed by atoms with E-state index in [1.54, 1.807) is 0 Å². The highest BCUT2D eigenvalue weighted by Gasteiger charge is 2.44. The Kier molecular flexibility index (Phi) is 13.8. The van der Waals surface area contributed by atoms with Crippen molar-refractivity contribution < 1.29 is 37.9 Å². The Hall–Kier alpha value is -1.72. The molecule has 0 saturated heterocycles. The van der Waals surface area contributed by atoms with E-state index in [-0.39, 0.29) is 35.1 Å². The maximum Gasteiger partial charge on any atom is 0.307 e. The van der Waals surface area contributed by atoms with Gasteiger partial charge in [0.2, 0.25) is 5.91 Å². The van der Waals surface area contributed by atoms with E-state index in [2.05, 4.69) is 10.8 Å². The second kappa shape index (κ2) is 18.1. The molecule has 1 amide bonds. The Balaban J connectivity index is 0.894. The summed E-state index contributed by atoms with van der Waals surface area (Å²) in [7, 11) is -3.31. The Morgan fingerprint density at radius 1 is 0.529 bits per heavy atom. The summed E-state index contributed by atoms with van der Waals surface area (Å²) in [6.07, 6.45) is 22.2. The van der Waals surface area contributed by atoms with Gasteiger partial charge in [-0.25, -0.2) is 8.42 Å². The number of rotatable bonds is 12. The Bertz CT molecular complexity index is 1260. The van der Waals surface area contributed by atoms with Crippen LogP contribution in [0.1, 0.15) is 154 Å². The van der Waals surface area contributed by atoms with Crippen molar-refractivity contribution in [2.75, 3.05) is 6.61 Å². The first-order valence-electron chi connectivity index (χ1n) is 21.0. The molecule has 0 bridgehead atoms. The summed E-state index contributed by atoms with van der Waals surface area (Å²) in [5.74, 6) is -1.00. The minimum Gasteiger partial charge on any atom is -0.481 e. The van der Waals surface area contributed by atoms with Crippen LogP contribution in [0.3, 0.4) is 0 Å². The lowest BCUT2D eigenvalue weighted by Crippen LogP contribution is -2.48. The van der Waals surface area contributed by atoms with Gasteiger partial charge in [0.25, 0.3) is 0 Å². The number of carboxylic acids is 2. The van der Waals surface area contributed by atoms with Gasteiger partial charge in [-0.2, -0.15) is 5.48 Å². The molecule has 10 nitrogen and oxygen atoms in total. The number of sulfone groups is 1. The summed E-state index contributed by atoms with van der Waals surface area (Å²) in [6, 6.07) is -0.0359. The van der Waals surface area contributed by atoms with E-state index in [9.17, 15) is 33.0 Å². The van der Waals surface area contributed by atoms with Crippen molar-refractivity contribution >= 4 is 27.7 Å². The van der Waals surface area contributed by atoms with Gasteiger partial charge in [0.1, 0.15) is 0 Å². The first-order valence-corrected chi connectivity index (χ1v) is 22.6. The van der Waals surface area contributed by atoms with Gasteiger partial charge >= 0.3 is 11.9 Å². The van der Waals surface area contributed by atoms with Crippen LogP contribution in [0.5, 0.6) is 0 Å². The normalized spacial score (nSPS) is 37.7. The van der Waals surface area contributed by atoms with Gasteiger partial charge in [-0.3, -0.25) is 14.4 Å². The largest absolute Gasteiger partial charge is 0.481 e. The topological polar surface area (TPSA) is 159 Å². The average Bonchev–Trinajstić information content (AvgIpc) is 3.15. The molecular formula is C40H66N2O8S. The number of carboxylic acid groups (broad SMARTS) is 2. The SMILES string of the molecule is O=C(O)C1CC(C2CCCCC2)CCC1CONC1CCC(S(=O)(=O)C2CCC(NC(=O)C3CCC(C4CCCCC4)CC3C(=O)O)CC2)CC1. The molecule has 4 N–H and O–H groups in total. The second-order valence-electron chi connectivity index (χ2n) is 17.7. The van der Waals surface area contributed by atoms with Crippen molar-refractivity contribution in [3.05, 3.63) is 0 Å². The van der Waals surface area contributed by atoms with Gasteiger partial charge in [-0.05, 0) is 119 Å². The van der Waals surface area contributed by atoms with Crippen LogP contribution in [0.15, 0.2) is 0 Å². The molecule has 11 heteroatoms. The highest BCUT2D eigenvalue weighted by Crippen LogP contribution is 2.44. The van der Waals surface area contributed by atoms with Crippen LogP contribution in [-0.4, -0.2) is 65.7 Å². The number of carbonyl (C=O) groups is 3. The van der Waals surface area contributed by atoms with Gasteiger partial charge in [0.15, 0.2) is 9.84 Å². The lowest BCUT2D eigenvalue weighted by atomic mass is 9.66. The standard InChI is InChI=1S/C40H66N2O8S/c43-38(35-22-13-29(24-37(35)40(46)47)27-9-5-2-6-10-27)41-31-14-18-33(19-15-31)51(48,49)34-20-16-32(17-21-34)42-50-25-30-12-11-28(23-36(30)39(44)45)26-7-3-1-4-8-26/h26-37,42H,1-25H2,(H,41,43)(H,44,45)(H,46,47). The zero-order chi connectivity index (χ0) is 36.0. The number of carbonyl (C=O) groups excluding carboxylic acids is 1. The molecule has 0 heterocycles. The molecule has 6 atom stereocenters. The van der Waals surface area contributed by atoms with Crippen molar-refractivity contribution in [3.8, 4) is 0 Å². The fourth-order valence-electron chi connectivity index (χ4n) is 11.5. The van der Waals surface area contributed by atoms with Crippen molar-refractivity contribution in [3.63, 3.8) is 0 Å². The molecule has 290 valence electrons. The predicted octanol–water partition coefficient (Wildman–Crippen LogP) is 7.06. The molecule has 0 aromatic heterocycles. The summed E-state index contributed by atoms with van der Waals surface area (Å²) >= 11 is 0. The second-order valence-corrected chi connectivity index (χ2v) is 20.2. The van der Waals surface area contributed by atoms with Crippen LogP contribution in [0.2, 0.25) is 0 Å². The van der Waals surface area contributed by atoms with Crippen LogP contribution in [-0.2, 0) is 29.1 Å². The van der Waals surface area contributed by atoms with Gasteiger partial charge in [0.05, 0.1) is 34.9 Å². The zero-order valence-electron chi connectivity index (χ0n) is 30.9. The third-order valence-corrected chi connectivity index (χ3v) is 17.5. The van der Waals surface area contributed by atoms with E-state index in [1.165, 1.54) is 64.2 Å². The molecular weight excluding hydrogens is 669 g/mol. The number of aliphatic carboxylic acids is 2. The smallest absolute Gasteiger partial charge is 0.307 e. The average molecular weight is 735 g/mol. The van der Waals surface area contributed by atoms with Gasteiger partial charge < -0.3 is 20.4 Å². The van der Waals surface area contributed by atoms with Crippen molar-refractivity contribution in [2.45, 2.75) is 177 Å². The van der Waals surface area contributed by atoms with Crippen LogP contribution in [0.4, 0.5) is 0 Å². The molecule has 0 radical (unpaired) electrons. The summed E-state index contributed by atoms with van der Waals surface area (Å²) in [6.45, 7) is 0.380. The van der Waals surface area contributed by atoms with Crippen LogP contribution >= 0.6 is 0 Å². The first kappa shape index (κ1) is 39.0. The predicted molar refractivity (Wildman–Crippen MR) is 195 cm³/mol. The van der Waals surface area contributed by atoms with Crippen LogP contribution in [0.25, 0.3) is 0 Å². The summed E-state index contributed by atoms with van der Waals surface area (Å²) in [5.41, 5.74) is 3.17. The molecule has 0 spiro atoms. The fraction of sp³-hybridized carbons (Fsp3) is 0.925. The quantitative estimate of drug-likeness (QED) is 0.154. The minimum atomic E-state index is -3.31. The third-order valence-electron chi connectivity index (χ3n) is 14.7. The summed E-state index contributed by atoms with van der Waals surface area (Å²) in [5, 5.41) is 22.4. The number of hydrogen-bond donors (Lipinski definition) is 4. The minimum absolute atomic E-state index is 0.00586. The van der Waals surface area contributed by atoms with Gasteiger partial charge in [-0.1, -0.05) is 64.2 Å². The lowest BCUT2D eigenvalue weighted by Gasteiger charge is -2.39. The van der Waals surface area contributed by atoms with Crippen molar-refractivity contribution in [2.24, 2.45) is 47.3 Å². The zero-order valence-corrected chi connectivity index (χ0v) is 31.7. The summed E-state index contributed by atoms with van der Waals surface area (Å²) in [4.78, 5) is 43.7. The first-order chi connectivity index (χ1) is 24.6. The van der Waals surface area contributed by atoms with Crippen molar-refractivity contribution in [1.82, 2.24) is 10.8 Å². The molecule has 0 aromatic carbocycles. The number of amides is 1. The van der Waals surface area contributed by atoms with E-state index < -0.39 is 38.9 Å². The molecule has 0 aromatic rings. The summed E-state index contributed by atoms with van der Waals surface area (Å²) < 4.78 is 27.4. The van der Waals surface area contributed by atoms with E-state index in [4.69, 9.17) is 4.84 Å². The Morgan fingerprint density at radius 2 is 1.02 bits per heavy atom. The fourth-order valence-corrected chi connectivity index (χ4v) is 13.9. The maximum absolute atomic E-state index is 13.7. The van der Waals surface area contributed by atoms with Crippen LogP contribution in [0, 0.1) is 47.3 Å². The molecule has 0 aliphatic heterocycles. The van der Waals surface area contributed by atoms with Gasteiger partial charge in [-0.15, -0.1) is 0 Å². The Morgan fingerprint density at radius 3 is 1.55 bits per heavy atom. The van der Waals surface area contributed by atoms with E-state index in [0.29, 0.717) is 94.5 Å². The van der Waals surface area contributed by atoms with E-state index in [1.807, 2.05) is 0 Å². The maximum atomic E-state index is 13.7. The van der Waals surface area contributed by atoms with Crippen LogP contribution < -0.4 is 10.8 Å². The molecule has 6 saturated carbocycles. The molecule has 6 unspecified atom stereocenters. The number of hydrogen-bond acceptors (Lipinski definition) is 7. The van der Waals surface area contributed by atoms with Gasteiger partial charge in [0, 0.05) is 12.1 Å². The molecule has 6 rings (SSSR count). The van der Waals surface area contributed by atoms with E-state index >= 15 is 0 Å². The van der Waals surface area contributed by atoms with Crippen molar-refractivity contribution in [1.29, 1.82) is 0 Å². The highest BCUT2D eigenvalue weighted by molar-refractivity contribution is 7.92. The number of nitrogens with one attached hydrogen (secondary N) is 2. The highest BCUT2D eigenvalue weighted by atomic mass is 32.2. The lowest BCUT2D eigenvalue weighted by molar-refractivity contribution is -0.150. The molecule has 6 fully saturated rings. The monoisotopic (exact) mass is 734 g/mol. The molecule has 51 heavy (non-hydrogen) atoms. The third kappa shape index (κ3) is 9.88.